The van der Waals surface area contributed by atoms with Gasteiger partial charge in [0.1, 0.15) is 6.54 Å². The number of aryl methyl sites for hydroxylation is 2. The fraction of sp³-hybridized carbons (Fsp3) is 0.364. The molecule has 160 valence electrons. The van der Waals surface area contributed by atoms with Gasteiger partial charge in [0.15, 0.2) is 0 Å². The number of sulfonamides is 1. The van der Waals surface area contributed by atoms with Crippen molar-refractivity contribution in [3.05, 3.63) is 53.6 Å². The Kier molecular flexibility index (Phi) is 6.45. The second-order valence-corrected chi connectivity index (χ2v) is 9.36. The van der Waals surface area contributed by atoms with Crippen molar-refractivity contribution in [1.82, 2.24) is 0 Å². The average Bonchev–Trinajstić information content (AvgIpc) is 3.12. The molecule has 3 rings (SSSR count). The zero-order valence-corrected chi connectivity index (χ0v) is 18.3. The summed E-state index contributed by atoms with van der Waals surface area (Å²) in [6.07, 6.45) is 3.08. The normalized spacial score (nSPS) is 14.1. The molecule has 2 aromatic carbocycles. The van der Waals surface area contributed by atoms with Gasteiger partial charge in [0.05, 0.1) is 11.9 Å². The summed E-state index contributed by atoms with van der Waals surface area (Å²) >= 11 is 0. The zero-order chi connectivity index (χ0) is 21.9. The van der Waals surface area contributed by atoms with E-state index in [9.17, 15) is 18.0 Å². The Morgan fingerprint density at radius 2 is 1.93 bits per heavy atom. The zero-order valence-electron chi connectivity index (χ0n) is 17.5. The van der Waals surface area contributed by atoms with Gasteiger partial charge in [0.2, 0.25) is 21.8 Å². The van der Waals surface area contributed by atoms with Crippen molar-refractivity contribution in [3.8, 4) is 0 Å². The number of hydrogen-bond donors (Lipinski definition) is 1. The number of benzene rings is 2. The highest BCUT2D eigenvalue weighted by Crippen LogP contribution is 2.28. The van der Waals surface area contributed by atoms with Gasteiger partial charge in [-0.1, -0.05) is 31.2 Å². The third-order valence-corrected chi connectivity index (χ3v) is 6.31. The first kappa shape index (κ1) is 21.8. The molecule has 0 aliphatic carbocycles. The van der Waals surface area contributed by atoms with Crippen molar-refractivity contribution in [2.45, 2.75) is 33.1 Å². The molecular weight excluding hydrogens is 402 g/mol. The van der Waals surface area contributed by atoms with Gasteiger partial charge in [-0.25, -0.2) is 8.42 Å². The molecule has 0 saturated carbocycles. The van der Waals surface area contributed by atoms with Crippen molar-refractivity contribution >= 4 is 38.9 Å². The largest absolute Gasteiger partial charge is 0.324 e. The molecule has 8 heteroatoms. The van der Waals surface area contributed by atoms with E-state index < -0.39 is 15.9 Å². The van der Waals surface area contributed by atoms with Crippen LogP contribution in [0.5, 0.6) is 0 Å². The monoisotopic (exact) mass is 429 g/mol. The van der Waals surface area contributed by atoms with Crippen LogP contribution in [0.3, 0.4) is 0 Å². The lowest BCUT2D eigenvalue weighted by Crippen LogP contribution is -2.38. The summed E-state index contributed by atoms with van der Waals surface area (Å²) in [4.78, 5) is 26.6. The topological polar surface area (TPSA) is 86.8 Å². The van der Waals surface area contributed by atoms with E-state index >= 15 is 0 Å². The molecule has 2 amide bonds. The van der Waals surface area contributed by atoms with E-state index in [1.807, 2.05) is 32.0 Å². The van der Waals surface area contributed by atoms with Crippen LogP contribution in [-0.4, -0.2) is 39.6 Å². The van der Waals surface area contributed by atoms with Crippen LogP contribution in [0.4, 0.5) is 17.1 Å². The lowest BCUT2D eigenvalue weighted by molar-refractivity contribution is -0.117. The maximum Gasteiger partial charge on any atom is 0.245 e. The van der Waals surface area contributed by atoms with Crippen LogP contribution in [0.25, 0.3) is 0 Å². The van der Waals surface area contributed by atoms with Crippen molar-refractivity contribution in [2.75, 3.05) is 33.9 Å². The molecule has 1 fully saturated rings. The summed E-state index contributed by atoms with van der Waals surface area (Å²) in [6.45, 7) is 4.18. The molecule has 0 unspecified atom stereocenters. The van der Waals surface area contributed by atoms with E-state index in [4.69, 9.17) is 0 Å². The van der Waals surface area contributed by atoms with Crippen molar-refractivity contribution < 1.29 is 18.0 Å². The van der Waals surface area contributed by atoms with Crippen LogP contribution in [0.15, 0.2) is 42.5 Å². The van der Waals surface area contributed by atoms with Crippen LogP contribution in [-0.2, 0) is 26.0 Å². The van der Waals surface area contributed by atoms with E-state index in [2.05, 4.69) is 5.32 Å². The van der Waals surface area contributed by atoms with Gasteiger partial charge in [-0.2, -0.15) is 0 Å². The van der Waals surface area contributed by atoms with E-state index in [0.29, 0.717) is 30.8 Å². The number of rotatable bonds is 7. The van der Waals surface area contributed by atoms with E-state index in [-0.39, 0.29) is 12.5 Å². The predicted octanol–water partition coefficient (Wildman–Crippen LogP) is 3.09. The van der Waals surface area contributed by atoms with Crippen molar-refractivity contribution in [2.24, 2.45) is 0 Å². The Morgan fingerprint density at radius 3 is 2.57 bits per heavy atom. The minimum Gasteiger partial charge on any atom is -0.324 e. The summed E-state index contributed by atoms with van der Waals surface area (Å²) in [5.74, 6) is -0.380. The first-order valence-corrected chi connectivity index (χ1v) is 11.8. The second-order valence-electron chi connectivity index (χ2n) is 7.45. The van der Waals surface area contributed by atoms with Crippen LogP contribution in [0, 0.1) is 6.92 Å². The Morgan fingerprint density at radius 1 is 1.20 bits per heavy atom. The Balaban J connectivity index is 1.82. The molecule has 1 saturated heterocycles. The Hall–Kier alpha value is -2.87. The molecule has 30 heavy (non-hydrogen) atoms. The smallest absolute Gasteiger partial charge is 0.245 e. The lowest BCUT2D eigenvalue weighted by atomic mass is 10.1. The molecule has 0 atom stereocenters. The molecular formula is C22H27N3O4S. The average molecular weight is 430 g/mol. The van der Waals surface area contributed by atoms with Gasteiger partial charge in [-0.15, -0.1) is 0 Å². The number of anilines is 3. The molecule has 0 bridgehead atoms. The van der Waals surface area contributed by atoms with Crippen LogP contribution < -0.4 is 14.5 Å². The van der Waals surface area contributed by atoms with E-state index in [0.717, 1.165) is 33.8 Å². The summed E-state index contributed by atoms with van der Waals surface area (Å²) in [6, 6.07) is 12.5. The SMILES string of the molecule is CCc1ccccc1N(CC(=O)Nc1ccc(C)c(N2CCCC2=O)c1)S(C)(=O)=O. The summed E-state index contributed by atoms with van der Waals surface area (Å²) < 4.78 is 25.9. The molecule has 0 spiro atoms. The van der Waals surface area contributed by atoms with Gasteiger partial charge < -0.3 is 10.2 Å². The maximum absolute atomic E-state index is 12.7. The van der Waals surface area contributed by atoms with Crippen molar-refractivity contribution in [1.29, 1.82) is 0 Å². The molecule has 7 nitrogen and oxygen atoms in total. The van der Waals surface area contributed by atoms with Gasteiger partial charge in [-0.3, -0.25) is 13.9 Å². The fourth-order valence-corrected chi connectivity index (χ4v) is 4.53. The molecule has 1 heterocycles. The number of hydrogen-bond acceptors (Lipinski definition) is 4. The van der Waals surface area contributed by atoms with Crippen LogP contribution in [0.2, 0.25) is 0 Å². The molecule has 1 aliphatic heterocycles. The molecule has 1 aliphatic rings. The van der Waals surface area contributed by atoms with Gasteiger partial charge in [-0.05, 0) is 49.1 Å². The second kappa shape index (κ2) is 8.87. The number of para-hydroxylation sites is 1. The number of carbonyl (C=O) groups is 2. The molecule has 2 aromatic rings. The number of nitrogens with zero attached hydrogens (tertiary/aromatic N) is 2. The first-order chi connectivity index (χ1) is 14.2. The van der Waals surface area contributed by atoms with E-state index in [1.165, 1.54) is 0 Å². The number of carbonyl (C=O) groups excluding carboxylic acids is 2. The highest BCUT2D eigenvalue weighted by molar-refractivity contribution is 7.92. The predicted molar refractivity (Wildman–Crippen MR) is 119 cm³/mol. The lowest BCUT2D eigenvalue weighted by Gasteiger charge is -2.24. The number of nitrogens with one attached hydrogen (secondary N) is 1. The van der Waals surface area contributed by atoms with E-state index in [1.54, 1.807) is 29.2 Å². The Labute approximate surface area is 177 Å². The number of amides is 2. The van der Waals surface area contributed by atoms with Gasteiger partial charge in [0, 0.05) is 24.3 Å². The Bertz CT molecular complexity index is 1070. The van der Waals surface area contributed by atoms with Crippen LogP contribution >= 0.6 is 0 Å². The standard InChI is InChI=1S/C22H27N3O4S/c1-4-17-8-5-6-9-19(17)25(30(3,28)29)15-21(26)23-18-12-11-16(2)20(14-18)24-13-7-10-22(24)27/h5-6,8-9,11-12,14H,4,7,10,13,15H2,1-3H3,(H,23,26). The summed E-state index contributed by atoms with van der Waals surface area (Å²) in [7, 11) is -3.65. The quantitative estimate of drug-likeness (QED) is 0.733. The summed E-state index contributed by atoms with van der Waals surface area (Å²) in [5, 5.41) is 2.77. The maximum atomic E-state index is 12.7. The van der Waals surface area contributed by atoms with Gasteiger partial charge >= 0.3 is 0 Å². The fourth-order valence-electron chi connectivity index (χ4n) is 3.65. The molecule has 1 N–H and O–H groups in total. The molecule has 0 aromatic heterocycles. The highest BCUT2D eigenvalue weighted by Gasteiger charge is 2.25. The molecule has 0 radical (unpaired) electrons. The van der Waals surface area contributed by atoms with Crippen molar-refractivity contribution in [3.63, 3.8) is 0 Å². The summed E-state index contributed by atoms with van der Waals surface area (Å²) in [5.41, 5.74) is 3.59. The van der Waals surface area contributed by atoms with Gasteiger partial charge in [0.25, 0.3) is 0 Å². The highest BCUT2D eigenvalue weighted by atomic mass is 32.2. The minimum absolute atomic E-state index is 0.0704. The third-order valence-electron chi connectivity index (χ3n) is 5.19. The first-order valence-electron chi connectivity index (χ1n) is 9.97. The minimum atomic E-state index is -3.65. The van der Waals surface area contributed by atoms with Crippen LogP contribution in [0.1, 0.15) is 30.9 Å². The third kappa shape index (κ3) is 4.81.